The summed E-state index contributed by atoms with van der Waals surface area (Å²) in [4.78, 5) is 24.0. The molecule has 0 aliphatic heterocycles. The molecule has 42 heavy (non-hydrogen) atoms. The molecule has 5 nitrogen and oxygen atoms in total. The van der Waals surface area contributed by atoms with Crippen LogP contribution in [0.25, 0.3) is 0 Å². The largest absolute Gasteiger partial charge is 0.462 e. The van der Waals surface area contributed by atoms with E-state index in [0.29, 0.717) is 12.8 Å². The predicted octanol–water partition coefficient (Wildman–Crippen LogP) is 11.2. The Hall–Kier alpha value is -1.10. The number of carbonyl (C=O) groups excluding carboxylic acids is 2. The van der Waals surface area contributed by atoms with Crippen LogP contribution in [-0.4, -0.2) is 36.4 Å². The van der Waals surface area contributed by atoms with Crippen LogP contribution < -0.4 is 0 Å². The van der Waals surface area contributed by atoms with Gasteiger partial charge in [-0.05, 0) is 12.8 Å². The molecule has 1 N–H and O–H groups in total. The maximum atomic E-state index is 12.1. The number of aliphatic hydroxyl groups excluding tert-OH is 1. The average Bonchev–Trinajstić information content (AvgIpc) is 2.99. The van der Waals surface area contributed by atoms with Crippen molar-refractivity contribution in [2.24, 2.45) is 0 Å². The highest BCUT2D eigenvalue weighted by atomic mass is 16.6. The zero-order valence-electron chi connectivity index (χ0n) is 28.3. The lowest BCUT2D eigenvalue weighted by Crippen LogP contribution is -2.28. The average molecular weight is 597 g/mol. The molecule has 1 unspecified atom stereocenters. The topological polar surface area (TPSA) is 72.8 Å². The third kappa shape index (κ3) is 31.8. The van der Waals surface area contributed by atoms with Crippen molar-refractivity contribution < 1.29 is 24.2 Å². The van der Waals surface area contributed by atoms with Gasteiger partial charge in [0.15, 0.2) is 6.10 Å². The highest BCUT2D eigenvalue weighted by Gasteiger charge is 2.16. The van der Waals surface area contributed by atoms with Crippen molar-refractivity contribution in [3.8, 4) is 0 Å². The van der Waals surface area contributed by atoms with E-state index in [9.17, 15) is 14.7 Å². The Kier molecular flexibility index (Phi) is 33.5. The summed E-state index contributed by atoms with van der Waals surface area (Å²) in [6.45, 7) is 4.11. The van der Waals surface area contributed by atoms with Gasteiger partial charge in [-0.15, -0.1) is 0 Å². The van der Waals surface area contributed by atoms with E-state index >= 15 is 0 Å². The van der Waals surface area contributed by atoms with E-state index in [-0.39, 0.29) is 25.2 Å². The van der Waals surface area contributed by atoms with Crippen molar-refractivity contribution in [1.82, 2.24) is 0 Å². The van der Waals surface area contributed by atoms with Crippen LogP contribution >= 0.6 is 0 Å². The molecule has 1 atom stereocenters. The zero-order chi connectivity index (χ0) is 30.8. The first-order valence-corrected chi connectivity index (χ1v) is 18.6. The predicted molar refractivity (Wildman–Crippen MR) is 178 cm³/mol. The number of esters is 2. The van der Waals surface area contributed by atoms with E-state index in [1.807, 2.05) is 0 Å². The van der Waals surface area contributed by atoms with Gasteiger partial charge in [0, 0.05) is 12.8 Å². The standard InChI is InChI=1S/C37H72O5/c1-3-5-7-9-11-12-13-14-15-16-17-18-19-20-21-22-23-24-26-28-30-32-37(40)42-35(33-38)34-41-36(39)31-29-27-25-10-8-6-4-2/h35,38H,3-34H2,1-2H3. The first kappa shape index (κ1) is 40.9. The highest BCUT2D eigenvalue weighted by molar-refractivity contribution is 5.70. The number of ether oxygens (including phenoxy) is 2. The molecule has 0 aliphatic carbocycles. The highest BCUT2D eigenvalue weighted by Crippen LogP contribution is 2.15. The summed E-state index contributed by atoms with van der Waals surface area (Å²) in [7, 11) is 0. The smallest absolute Gasteiger partial charge is 0.306 e. The van der Waals surface area contributed by atoms with Gasteiger partial charge in [0.1, 0.15) is 6.61 Å². The summed E-state index contributed by atoms with van der Waals surface area (Å²) in [6, 6.07) is 0. The minimum Gasteiger partial charge on any atom is -0.462 e. The fraction of sp³-hybridized carbons (Fsp3) is 0.946. The molecule has 0 aromatic rings. The van der Waals surface area contributed by atoms with Crippen LogP contribution in [0.4, 0.5) is 0 Å². The monoisotopic (exact) mass is 597 g/mol. The van der Waals surface area contributed by atoms with Crippen LogP contribution in [-0.2, 0) is 19.1 Å². The Labute approximate surface area is 261 Å². The van der Waals surface area contributed by atoms with E-state index in [1.54, 1.807) is 0 Å². The van der Waals surface area contributed by atoms with Crippen LogP contribution in [0.3, 0.4) is 0 Å². The lowest BCUT2D eigenvalue weighted by molar-refractivity contribution is -0.161. The number of hydrogen-bond donors (Lipinski definition) is 1. The molecule has 250 valence electrons. The molecule has 0 spiro atoms. The minimum absolute atomic E-state index is 0.0586. The van der Waals surface area contributed by atoms with Crippen molar-refractivity contribution in [2.45, 2.75) is 213 Å². The Balaban J connectivity index is 3.43. The maximum absolute atomic E-state index is 12.1. The van der Waals surface area contributed by atoms with Gasteiger partial charge < -0.3 is 14.6 Å². The van der Waals surface area contributed by atoms with Crippen molar-refractivity contribution in [1.29, 1.82) is 0 Å². The fourth-order valence-corrected chi connectivity index (χ4v) is 5.55. The number of aliphatic hydroxyl groups is 1. The molecular formula is C37H72O5. The van der Waals surface area contributed by atoms with Gasteiger partial charge in [-0.25, -0.2) is 0 Å². The van der Waals surface area contributed by atoms with Crippen LogP contribution in [0.2, 0.25) is 0 Å². The molecule has 0 aliphatic rings. The molecule has 5 heteroatoms. The summed E-state index contributed by atoms with van der Waals surface area (Å²) in [5.41, 5.74) is 0. The van der Waals surface area contributed by atoms with Crippen molar-refractivity contribution in [3.63, 3.8) is 0 Å². The third-order valence-electron chi connectivity index (χ3n) is 8.40. The van der Waals surface area contributed by atoms with Crippen molar-refractivity contribution in [2.75, 3.05) is 13.2 Å². The van der Waals surface area contributed by atoms with Gasteiger partial charge in [0.25, 0.3) is 0 Å². The van der Waals surface area contributed by atoms with Gasteiger partial charge in [0.05, 0.1) is 6.61 Å². The molecule has 0 radical (unpaired) electrons. The molecular weight excluding hydrogens is 524 g/mol. The number of unbranched alkanes of at least 4 members (excludes halogenated alkanes) is 26. The summed E-state index contributed by atoms with van der Waals surface area (Å²) in [6.07, 6.45) is 36.1. The van der Waals surface area contributed by atoms with Crippen molar-refractivity contribution >= 4 is 11.9 Å². The summed E-state index contributed by atoms with van der Waals surface area (Å²) in [5, 5.41) is 9.48. The fourth-order valence-electron chi connectivity index (χ4n) is 5.55. The third-order valence-corrected chi connectivity index (χ3v) is 8.40. The molecule has 0 heterocycles. The number of carbonyl (C=O) groups is 2. The van der Waals surface area contributed by atoms with Gasteiger partial charge in [-0.3, -0.25) is 9.59 Å². The number of rotatable bonds is 34. The van der Waals surface area contributed by atoms with E-state index in [2.05, 4.69) is 13.8 Å². The Bertz CT molecular complexity index is 564. The molecule has 0 fully saturated rings. The number of hydrogen-bond acceptors (Lipinski definition) is 5. The SMILES string of the molecule is CCCCCCCCCCCCCCCCCCCCCCCC(=O)OC(CO)COC(=O)CCCCCCCCC. The maximum Gasteiger partial charge on any atom is 0.306 e. The van der Waals surface area contributed by atoms with E-state index < -0.39 is 6.10 Å². The first-order chi connectivity index (χ1) is 20.6. The Morgan fingerprint density at radius 3 is 1.05 bits per heavy atom. The molecule has 0 rings (SSSR count). The Morgan fingerprint density at radius 1 is 0.452 bits per heavy atom. The van der Waals surface area contributed by atoms with Gasteiger partial charge in [0.2, 0.25) is 0 Å². The van der Waals surface area contributed by atoms with E-state index in [1.165, 1.54) is 141 Å². The Morgan fingerprint density at radius 2 is 0.738 bits per heavy atom. The molecule has 0 bridgehead atoms. The second-order valence-electron chi connectivity index (χ2n) is 12.7. The lowest BCUT2D eigenvalue weighted by atomic mass is 10.0. The van der Waals surface area contributed by atoms with Crippen LogP contribution in [0.1, 0.15) is 206 Å². The minimum atomic E-state index is -0.759. The van der Waals surface area contributed by atoms with Crippen LogP contribution in [0.5, 0.6) is 0 Å². The second-order valence-corrected chi connectivity index (χ2v) is 12.7. The van der Waals surface area contributed by atoms with Crippen LogP contribution in [0, 0.1) is 0 Å². The van der Waals surface area contributed by atoms with Crippen LogP contribution in [0.15, 0.2) is 0 Å². The molecule has 0 aromatic carbocycles. The first-order valence-electron chi connectivity index (χ1n) is 18.6. The normalized spacial score (nSPS) is 12.0. The van der Waals surface area contributed by atoms with Crippen molar-refractivity contribution in [3.05, 3.63) is 0 Å². The van der Waals surface area contributed by atoms with Gasteiger partial charge in [-0.1, -0.05) is 181 Å². The molecule has 0 saturated heterocycles. The van der Waals surface area contributed by atoms with E-state index in [4.69, 9.17) is 9.47 Å². The summed E-state index contributed by atoms with van der Waals surface area (Å²) < 4.78 is 10.5. The quantitative estimate of drug-likeness (QED) is 0.0591. The van der Waals surface area contributed by atoms with E-state index in [0.717, 1.165) is 38.5 Å². The molecule has 0 amide bonds. The zero-order valence-corrected chi connectivity index (χ0v) is 28.3. The van der Waals surface area contributed by atoms with Gasteiger partial charge >= 0.3 is 11.9 Å². The summed E-state index contributed by atoms with van der Waals surface area (Å²) in [5.74, 6) is -0.586. The lowest BCUT2D eigenvalue weighted by Gasteiger charge is -2.15. The molecule has 0 aromatic heterocycles. The molecule has 0 saturated carbocycles. The van der Waals surface area contributed by atoms with Gasteiger partial charge in [-0.2, -0.15) is 0 Å². The summed E-state index contributed by atoms with van der Waals surface area (Å²) >= 11 is 0. The second kappa shape index (κ2) is 34.4.